The van der Waals surface area contributed by atoms with Gasteiger partial charge in [0.15, 0.2) is 0 Å². The number of fused-ring (bicyclic) bond motifs is 9. The van der Waals surface area contributed by atoms with Crippen molar-refractivity contribution in [3.05, 3.63) is 130 Å². The fourth-order valence-corrected chi connectivity index (χ4v) is 5.58. The van der Waals surface area contributed by atoms with Gasteiger partial charge in [0.05, 0.1) is 0 Å². The standard InChI is InChI=1S/C31H22FN3O2/c32-27-7-2-1-5-21(27)17-8-10-22-25(14-17)29-26-15-18(9-11-23(26)28(22)37-29)31(36)35-16-19-4-3-6-24-20(19)12-13-34-30(24)33/h1-15,28-29H,16H2,(H2,33,34)(H,35,36). The molecular weight excluding hydrogens is 465 g/mol. The Hall–Kier alpha value is -4.55. The van der Waals surface area contributed by atoms with Crippen molar-refractivity contribution in [3.8, 4) is 11.1 Å². The Kier molecular flexibility index (Phi) is 4.84. The van der Waals surface area contributed by atoms with Gasteiger partial charge in [0.1, 0.15) is 23.8 Å². The highest BCUT2D eigenvalue weighted by atomic mass is 19.1. The Bertz CT molecular complexity index is 1730. The maximum Gasteiger partial charge on any atom is 0.251 e. The zero-order chi connectivity index (χ0) is 25.1. The van der Waals surface area contributed by atoms with E-state index in [1.807, 2.05) is 66.7 Å². The number of halogens is 1. The maximum atomic E-state index is 14.4. The third kappa shape index (κ3) is 3.41. The fraction of sp³-hybridized carbons (Fsp3) is 0.0968. The number of nitrogens with two attached hydrogens (primary N) is 1. The summed E-state index contributed by atoms with van der Waals surface area (Å²) in [7, 11) is 0. The van der Waals surface area contributed by atoms with Crippen molar-refractivity contribution in [2.45, 2.75) is 18.8 Å². The summed E-state index contributed by atoms with van der Waals surface area (Å²) in [5, 5.41) is 4.87. The molecule has 2 bridgehead atoms. The first kappa shape index (κ1) is 21.7. The van der Waals surface area contributed by atoms with Gasteiger partial charge in [-0.1, -0.05) is 54.6 Å². The van der Waals surface area contributed by atoms with Crippen LogP contribution in [0.4, 0.5) is 10.2 Å². The van der Waals surface area contributed by atoms with Gasteiger partial charge >= 0.3 is 0 Å². The third-order valence-corrected chi connectivity index (χ3v) is 7.39. The summed E-state index contributed by atoms with van der Waals surface area (Å²) in [6.07, 6.45) is 1.23. The Balaban J connectivity index is 1.16. The van der Waals surface area contributed by atoms with Crippen molar-refractivity contribution in [2.24, 2.45) is 0 Å². The van der Waals surface area contributed by atoms with Gasteiger partial charge in [0.25, 0.3) is 5.91 Å². The van der Waals surface area contributed by atoms with Crippen LogP contribution in [0.2, 0.25) is 0 Å². The average molecular weight is 488 g/mol. The van der Waals surface area contributed by atoms with Crippen molar-refractivity contribution >= 4 is 22.5 Å². The second-order valence-electron chi connectivity index (χ2n) is 9.45. The number of anilines is 1. The maximum absolute atomic E-state index is 14.4. The normalized spacial score (nSPS) is 17.0. The Labute approximate surface area is 212 Å². The fourth-order valence-electron chi connectivity index (χ4n) is 5.58. The molecule has 3 N–H and O–H groups in total. The van der Waals surface area contributed by atoms with Crippen LogP contribution in [0.1, 0.15) is 50.4 Å². The van der Waals surface area contributed by atoms with E-state index in [0.717, 1.165) is 44.2 Å². The number of carbonyl (C=O) groups excluding carboxylic acids is 1. The molecule has 0 spiro atoms. The highest BCUT2D eigenvalue weighted by Crippen LogP contribution is 2.54. The van der Waals surface area contributed by atoms with Gasteiger partial charge in [-0.05, 0) is 69.1 Å². The Morgan fingerprint density at radius 3 is 2.51 bits per heavy atom. The Morgan fingerprint density at radius 2 is 1.65 bits per heavy atom. The number of pyridine rings is 1. The predicted molar refractivity (Wildman–Crippen MR) is 140 cm³/mol. The number of carbonyl (C=O) groups is 1. The first-order valence-electron chi connectivity index (χ1n) is 12.2. The molecule has 2 unspecified atom stereocenters. The van der Waals surface area contributed by atoms with E-state index in [-0.39, 0.29) is 23.9 Å². The van der Waals surface area contributed by atoms with E-state index in [9.17, 15) is 9.18 Å². The van der Waals surface area contributed by atoms with Crippen LogP contribution in [0.25, 0.3) is 21.9 Å². The quantitative estimate of drug-likeness (QED) is 0.322. The number of benzene rings is 4. The van der Waals surface area contributed by atoms with Crippen LogP contribution in [0, 0.1) is 5.82 Å². The summed E-state index contributed by atoms with van der Waals surface area (Å²) in [6.45, 7) is 0.369. The summed E-state index contributed by atoms with van der Waals surface area (Å²) in [5.41, 5.74) is 13.1. The summed E-state index contributed by atoms with van der Waals surface area (Å²) < 4.78 is 20.7. The molecular formula is C31H22FN3O2. The molecule has 4 aromatic carbocycles. The lowest BCUT2D eigenvalue weighted by Crippen LogP contribution is -2.23. The summed E-state index contributed by atoms with van der Waals surface area (Å²) >= 11 is 0. The SMILES string of the molecule is Nc1nccc2c(CNC(=O)c3ccc4c(c3)C3OC4c4ccc(-c5ccccc5F)cc43)cccc12. The second kappa shape index (κ2) is 8.25. The van der Waals surface area contributed by atoms with Crippen LogP contribution in [-0.2, 0) is 11.3 Å². The summed E-state index contributed by atoms with van der Waals surface area (Å²) in [4.78, 5) is 17.3. The minimum atomic E-state index is -0.275. The molecule has 37 heavy (non-hydrogen) atoms. The zero-order valence-corrected chi connectivity index (χ0v) is 19.7. The first-order valence-corrected chi connectivity index (χ1v) is 12.2. The highest BCUT2D eigenvalue weighted by molar-refractivity contribution is 5.96. The third-order valence-electron chi connectivity index (χ3n) is 7.39. The topological polar surface area (TPSA) is 77.2 Å². The lowest BCUT2D eigenvalue weighted by Gasteiger charge is -2.18. The molecule has 0 aliphatic carbocycles. The number of hydrogen-bond donors (Lipinski definition) is 2. The number of amides is 1. The molecule has 5 nitrogen and oxygen atoms in total. The summed E-state index contributed by atoms with van der Waals surface area (Å²) in [6, 6.07) is 26.2. The molecule has 2 aliphatic heterocycles. The number of rotatable bonds is 4. The lowest BCUT2D eigenvalue weighted by molar-refractivity contribution is 0.0857. The molecule has 2 aliphatic rings. The van der Waals surface area contributed by atoms with Gasteiger partial charge in [-0.3, -0.25) is 4.79 Å². The molecule has 3 heterocycles. The largest absolute Gasteiger partial charge is 0.383 e. The minimum Gasteiger partial charge on any atom is -0.383 e. The van der Waals surface area contributed by atoms with E-state index in [1.54, 1.807) is 18.3 Å². The minimum absolute atomic E-state index is 0.162. The lowest BCUT2D eigenvalue weighted by atomic mass is 9.83. The van der Waals surface area contributed by atoms with Crippen LogP contribution in [0.15, 0.2) is 91.1 Å². The van der Waals surface area contributed by atoms with E-state index in [4.69, 9.17) is 10.5 Å². The molecule has 0 radical (unpaired) electrons. The van der Waals surface area contributed by atoms with Crippen molar-refractivity contribution < 1.29 is 13.9 Å². The molecule has 0 saturated carbocycles. The van der Waals surface area contributed by atoms with Crippen LogP contribution in [0.5, 0.6) is 0 Å². The molecule has 1 amide bonds. The molecule has 2 atom stereocenters. The molecule has 0 saturated heterocycles. The van der Waals surface area contributed by atoms with Gasteiger partial charge in [0.2, 0.25) is 0 Å². The van der Waals surface area contributed by atoms with E-state index < -0.39 is 0 Å². The number of nitrogens with zero attached hydrogens (tertiary/aromatic N) is 1. The van der Waals surface area contributed by atoms with Crippen molar-refractivity contribution in [1.29, 1.82) is 0 Å². The number of nitrogens with one attached hydrogen (secondary N) is 1. The molecule has 0 fully saturated rings. The molecule has 6 heteroatoms. The molecule has 1 aromatic heterocycles. The van der Waals surface area contributed by atoms with Crippen molar-refractivity contribution in [2.75, 3.05) is 5.73 Å². The van der Waals surface area contributed by atoms with Gasteiger partial charge < -0.3 is 15.8 Å². The monoisotopic (exact) mass is 487 g/mol. The average Bonchev–Trinajstić information content (AvgIpc) is 3.49. The summed E-state index contributed by atoms with van der Waals surface area (Å²) in [5.74, 6) is 0.0544. The van der Waals surface area contributed by atoms with E-state index in [2.05, 4.69) is 10.3 Å². The van der Waals surface area contributed by atoms with Gasteiger partial charge in [-0.15, -0.1) is 0 Å². The number of hydrogen-bond acceptors (Lipinski definition) is 4. The molecule has 180 valence electrons. The van der Waals surface area contributed by atoms with Gasteiger partial charge in [-0.2, -0.15) is 0 Å². The Morgan fingerprint density at radius 1 is 0.865 bits per heavy atom. The number of ether oxygens (including phenoxy) is 1. The van der Waals surface area contributed by atoms with Crippen molar-refractivity contribution in [3.63, 3.8) is 0 Å². The van der Waals surface area contributed by atoms with Crippen LogP contribution in [-0.4, -0.2) is 10.9 Å². The van der Waals surface area contributed by atoms with E-state index in [0.29, 0.717) is 23.5 Å². The van der Waals surface area contributed by atoms with Crippen molar-refractivity contribution in [1.82, 2.24) is 10.3 Å². The second-order valence-corrected chi connectivity index (χ2v) is 9.45. The smallest absolute Gasteiger partial charge is 0.251 e. The number of aromatic nitrogens is 1. The highest BCUT2D eigenvalue weighted by Gasteiger charge is 2.43. The predicted octanol–water partition coefficient (Wildman–Crippen LogP) is 6.08. The number of nitrogen functional groups attached to an aromatic ring is 1. The first-order chi connectivity index (χ1) is 18.1. The van der Waals surface area contributed by atoms with Gasteiger partial charge in [0, 0.05) is 29.3 Å². The van der Waals surface area contributed by atoms with E-state index >= 15 is 0 Å². The van der Waals surface area contributed by atoms with Gasteiger partial charge in [-0.25, -0.2) is 9.37 Å². The van der Waals surface area contributed by atoms with Crippen LogP contribution in [0.3, 0.4) is 0 Å². The molecule has 5 aromatic rings. The van der Waals surface area contributed by atoms with Crippen LogP contribution < -0.4 is 11.1 Å². The van der Waals surface area contributed by atoms with Crippen LogP contribution >= 0.6 is 0 Å². The molecule has 7 rings (SSSR count). The zero-order valence-electron chi connectivity index (χ0n) is 19.7. The van der Waals surface area contributed by atoms with E-state index in [1.165, 1.54) is 6.07 Å².